The average molecular weight is 378 g/mol. The molecule has 0 heterocycles. The minimum Gasteiger partial charge on any atom is -0.390 e. The number of hydrogen-bond donors (Lipinski definition) is 4. The van der Waals surface area contributed by atoms with Crippen LogP contribution in [0.1, 0.15) is 27.5 Å². The van der Waals surface area contributed by atoms with Crippen molar-refractivity contribution in [3.63, 3.8) is 0 Å². The van der Waals surface area contributed by atoms with E-state index in [1.807, 2.05) is 0 Å². The van der Waals surface area contributed by atoms with E-state index in [1.54, 1.807) is 18.2 Å². The topological polar surface area (TPSA) is 90.5 Å². The second-order valence-corrected chi connectivity index (χ2v) is 6.34. The van der Waals surface area contributed by atoms with Crippen molar-refractivity contribution in [2.75, 3.05) is 12.4 Å². The number of rotatable bonds is 3. The van der Waals surface area contributed by atoms with E-state index >= 15 is 0 Å². The number of nitrogens with one attached hydrogen (secondary N) is 3. The van der Waals surface area contributed by atoms with Crippen LogP contribution < -0.4 is 16.0 Å². The van der Waals surface area contributed by atoms with E-state index in [0.29, 0.717) is 22.4 Å². The molecule has 1 aliphatic carbocycles. The van der Waals surface area contributed by atoms with Crippen LogP contribution in [-0.2, 0) is 6.42 Å². The molecule has 0 saturated carbocycles. The van der Waals surface area contributed by atoms with Gasteiger partial charge in [0, 0.05) is 24.7 Å². The van der Waals surface area contributed by atoms with Crippen LogP contribution in [0.2, 0.25) is 5.02 Å². The van der Waals surface area contributed by atoms with E-state index in [9.17, 15) is 19.1 Å². The molecule has 2 aromatic carbocycles. The second kappa shape index (κ2) is 7.31. The van der Waals surface area contributed by atoms with Gasteiger partial charge in [-0.25, -0.2) is 9.18 Å². The van der Waals surface area contributed by atoms with Crippen molar-refractivity contribution in [1.82, 2.24) is 10.6 Å². The summed E-state index contributed by atoms with van der Waals surface area (Å²) in [5.41, 5.74) is 2.08. The van der Waals surface area contributed by atoms with Gasteiger partial charge in [0.2, 0.25) is 0 Å². The highest BCUT2D eigenvalue weighted by Crippen LogP contribution is 2.34. The minimum absolute atomic E-state index is 0.0913. The highest BCUT2D eigenvalue weighted by Gasteiger charge is 2.34. The molecule has 0 radical (unpaired) electrons. The van der Waals surface area contributed by atoms with Gasteiger partial charge in [-0.2, -0.15) is 0 Å². The number of halogens is 2. The predicted molar refractivity (Wildman–Crippen MR) is 95.8 cm³/mol. The lowest BCUT2D eigenvalue weighted by Gasteiger charge is -2.17. The van der Waals surface area contributed by atoms with Crippen LogP contribution in [0.5, 0.6) is 0 Å². The van der Waals surface area contributed by atoms with Crippen LogP contribution >= 0.6 is 11.6 Å². The molecule has 0 aliphatic heterocycles. The van der Waals surface area contributed by atoms with Crippen LogP contribution in [0.4, 0.5) is 14.9 Å². The lowest BCUT2D eigenvalue weighted by Crippen LogP contribution is -2.39. The van der Waals surface area contributed by atoms with Crippen molar-refractivity contribution in [3.05, 3.63) is 63.9 Å². The zero-order valence-electron chi connectivity index (χ0n) is 13.8. The van der Waals surface area contributed by atoms with Gasteiger partial charge in [0.25, 0.3) is 5.91 Å². The fourth-order valence-corrected chi connectivity index (χ4v) is 3.21. The van der Waals surface area contributed by atoms with Crippen molar-refractivity contribution < 1.29 is 19.1 Å². The average Bonchev–Trinajstić information content (AvgIpc) is 2.93. The third kappa shape index (κ3) is 3.49. The van der Waals surface area contributed by atoms with Crippen molar-refractivity contribution in [3.8, 4) is 0 Å². The Morgan fingerprint density at radius 1 is 1.27 bits per heavy atom. The van der Waals surface area contributed by atoms with Gasteiger partial charge in [-0.15, -0.1) is 0 Å². The van der Waals surface area contributed by atoms with E-state index in [4.69, 9.17) is 11.6 Å². The standard InChI is InChI=1S/C18H17ClFN3O3/c1-21-18(26)23-16-10-3-2-4-11(12(10)8-15(16)24)17(25)22-9-5-6-14(20)13(19)7-9/h2-7,15-16,24H,8H2,1H3,(H,22,25)(H2,21,23,26)/t15-,16-/m1/s1. The highest BCUT2D eigenvalue weighted by molar-refractivity contribution is 6.31. The Balaban J connectivity index is 1.87. The number of fused-ring (bicyclic) bond motifs is 1. The number of urea groups is 1. The number of anilines is 1. The molecule has 0 spiro atoms. The molecule has 0 fully saturated rings. The Hall–Kier alpha value is -2.64. The van der Waals surface area contributed by atoms with Crippen molar-refractivity contribution in [2.45, 2.75) is 18.6 Å². The Morgan fingerprint density at radius 2 is 2.04 bits per heavy atom. The maximum atomic E-state index is 13.2. The maximum absolute atomic E-state index is 13.2. The summed E-state index contributed by atoms with van der Waals surface area (Å²) in [7, 11) is 1.48. The molecule has 2 aromatic rings. The van der Waals surface area contributed by atoms with Gasteiger partial charge in [0.15, 0.2) is 0 Å². The van der Waals surface area contributed by atoms with Gasteiger partial charge in [0.1, 0.15) is 5.82 Å². The lowest BCUT2D eigenvalue weighted by atomic mass is 10.0. The Bertz CT molecular complexity index is 875. The molecule has 3 rings (SSSR count). The number of hydrogen-bond acceptors (Lipinski definition) is 3. The Kier molecular flexibility index (Phi) is 5.11. The molecule has 4 N–H and O–H groups in total. The van der Waals surface area contributed by atoms with Crippen LogP contribution in [0.15, 0.2) is 36.4 Å². The zero-order chi connectivity index (χ0) is 18.8. The summed E-state index contributed by atoms with van der Waals surface area (Å²) >= 11 is 5.73. The first-order valence-electron chi connectivity index (χ1n) is 7.95. The Labute approximate surface area is 154 Å². The van der Waals surface area contributed by atoms with Crippen LogP contribution in [0, 0.1) is 5.82 Å². The normalized spacial score (nSPS) is 18.2. The number of aliphatic hydroxyl groups excluding tert-OH is 1. The van der Waals surface area contributed by atoms with E-state index < -0.39 is 29.9 Å². The summed E-state index contributed by atoms with van der Waals surface area (Å²) in [5, 5.41) is 18.0. The summed E-state index contributed by atoms with van der Waals surface area (Å²) in [4.78, 5) is 24.2. The lowest BCUT2D eigenvalue weighted by molar-refractivity contribution is 0.102. The van der Waals surface area contributed by atoms with Gasteiger partial charge < -0.3 is 21.1 Å². The van der Waals surface area contributed by atoms with Gasteiger partial charge in [-0.05, 0) is 35.4 Å². The minimum atomic E-state index is -0.837. The molecule has 0 aromatic heterocycles. The Morgan fingerprint density at radius 3 is 2.73 bits per heavy atom. The SMILES string of the molecule is CNC(=O)N[C@@H]1c2cccc(C(=O)Nc3ccc(F)c(Cl)c3)c2C[C@H]1O. The van der Waals surface area contributed by atoms with Gasteiger partial charge in [-0.3, -0.25) is 4.79 Å². The van der Waals surface area contributed by atoms with E-state index in [-0.39, 0.29) is 11.4 Å². The molecule has 0 unspecified atom stereocenters. The number of carbonyl (C=O) groups is 2. The van der Waals surface area contributed by atoms with Crippen LogP contribution in [0.3, 0.4) is 0 Å². The molecular formula is C18H17ClFN3O3. The molecule has 2 atom stereocenters. The first-order valence-corrected chi connectivity index (χ1v) is 8.33. The van der Waals surface area contributed by atoms with E-state index in [0.717, 1.165) is 0 Å². The fraction of sp³-hybridized carbons (Fsp3) is 0.222. The molecule has 1 aliphatic rings. The van der Waals surface area contributed by atoms with Crippen molar-refractivity contribution >= 4 is 29.2 Å². The predicted octanol–water partition coefficient (Wildman–Crippen LogP) is 2.62. The van der Waals surface area contributed by atoms with Crippen LogP contribution in [0.25, 0.3) is 0 Å². The number of benzene rings is 2. The summed E-state index contributed by atoms with van der Waals surface area (Å²) in [6.45, 7) is 0. The van der Waals surface area contributed by atoms with Gasteiger partial charge in [0.05, 0.1) is 17.2 Å². The van der Waals surface area contributed by atoms with Gasteiger partial charge >= 0.3 is 6.03 Å². The second-order valence-electron chi connectivity index (χ2n) is 5.93. The maximum Gasteiger partial charge on any atom is 0.315 e. The molecule has 136 valence electrons. The van der Waals surface area contributed by atoms with E-state index in [1.165, 1.54) is 25.2 Å². The summed E-state index contributed by atoms with van der Waals surface area (Å²) < 4.78 is 13.2. The molecule has 3 amide bonds. The number of aliphatic hydroxyl groups is 1. The summed E-state index contributed by atoms with van der Waals surface area (Å²) in [6.07, 6.45) is -0.603. The third-order valence-corrected chi connectivity index (χ3v) is 4.57. The van der Waals surface area contributed by atoms with Gasteiger partial charge in [-0.1, -0.05) is 23.7 Å². The third-order valence-electron chi connectivity index (χ3n) is 4.28. The molecule has 8 heteroatoms. The molecule has 0 saturated heterocycles. The molecular weight excluding hydrogens is 361 g/mol. The smallest absolute Gasteiger partial charge is 0.315 e. The fourth-order valence-electron chi connectivity index (χ4n) is 3.03. The zero-order valence-corrected chi connectivity index (χ0v) is 14.6. The largest absolute Gasteiger partial charge is 0.390 e. The van der Waals surface area contributed by atoms with Crippen molar-refractivity contribution in [2.24, 2.45) is 0 Å². The molecule has 26 heavy (non-hydrogen) atoms. The quantitative estimate of drug-likeness (QED) is 0.662. The number of carbonyl (C=O) groups excluding carboxylic acids is 2. The summed E-state index contributed by atoms with van der Waals surface area (Å²) in [6, 6.07) is 7.96. The first-order chi connectivity index (χ1) is 12.4. The molecule has 0 bridgehead atoms. The first kappa shape index (κ1) is 18.2. The van der Waals surface area contributed by atoms with Crippen molar-refractivity contribution in [1.29, 1.82) is 0 Å². The monoisotopic (exact) mass is 377 g/mol. The highest BCUT2D eigenvalue weighted by atomic mass is 35.5. The number of amides is 3. The van der Waals surface area contributed by atoms with E-state index in [2.05, 4.69) is 16.0 Å². The molecule has 6 nitrogen and oxygen atoms in total. The van der Waals surface area contributed by atoms with Crippen LogP contribution in [-0.4, -0.2) is 30.2 Å². The summed E-state index contributed by atoms with van der Waals surface area (Å²) in [5.74, 6) is -0.978.